The topological polar surface area (TPSA) is 88.2 Å². The Labute approximate surface area is 208 Å². The van der Waals surface area contributed by atoms with Gasteiger partial charge >= 0.3 is 0 Å². The summed E-state index contributed by atoms with van der Waals surface area (Å²) in [5.41, 5.74) is 1.77. The number of sulfonamides is 1. The maximum Gasteiger partial charge on any atom is 0.271 e. The molecule has 1 saturated heterocycles. The lowest BCUT2D eigenvalue weighted by Gasteiger charge is -2.35. The zero-order valence-corrected chi connectivity index (χ0v) is 20.6. The fourth-order valence-electron chi connectivity index (χ4n) is 3.95. The minimum atomic E-state index is -3.73. The van der Waals surface area contributed by atoms with Crippen molar-refractivity contribution >= 4 is 45.4 Å². The van der Waals surface area contributed by atoms with E-state index < -0.39 is 10.0 Å². The van der Waals surface area contributed by atoms with Gasteiger partial charge in [-0.1, -0.05) is 24.3 Å². The molecule has 3 heterocycles. The lowest BCUT2D eigenvalue weighted by atomic mass is 10.1. The number of nitrogens with one attached hydrogen (secondary N) is 1. The van der Waals surface area contributed by atoms with Crippen LogP contribution in [-0.4, -0.2) is 57.1 Å². The first-order chi connectivity index (χ1) is 16.0. The van der Waals surface area contributed by atoms with E-state index in [1.54, 1.807) is 40.6 Å². The third-order valence-electron chi connectivity index (χ3n) is 5.66. The van der Waals surface area contributed by atoms with Crippen molar-refractivity contribution in [2.24, 2.45) is 0 Å². The molecule has 1 fully saturated rings. The summed E-state index contributed by atoms with van der Waals surface area (Å²) in [6, 6.07) is 15.9. The predicted octanol–water partition coefficient (Wildman–Crippen LogP) is 3.66. The van der Waals surface area contributed by atoms with Gasteiger partial charge in [0.1, 0.15) is 4.21 Å². The standard InChI is InChI=1S/C23H23N3O5S2.ClH/c27-23(18-4-1-2-5-19(18)24-33(28,29)22-6-3-13-32-22)26-11-9-25(10-12-26)15-17-7-8-20-21(14-17)31-16-30-20;/h1-8,13-14,24H,9-12,15-16H2;1H. The van der Waals surface area contributed by atoms with E-state index in [2.05, 4.69) is 9.62 Å². The molecule has 5 rings (SSSR count). The maximum atomic E-state index is 13.2. The number of rotatable bonds is 6. The van der Waals surface area contributed by atoms with Crippen LogP contribution in [0.2, 0.25) is 0 Å². The van der Waals surface area contributed by atoms with Crippen LogP contribution < -0.4 is 14.2 Å². The molecule has 0 spiro atoms. The van der Waals surface area contributed by atoms with E-state index in [0.717, 1.165) is 48.0 Å². The highest BCUT2D eigenvalue weighted by Gasteiger charge is 2.26. The Balaban J connectivity index is 0.00000274. The zero-order valence-electron chi connectivity index (χ0n) is 18.2. The first-order valence-corrected chi connectivity index (χ1v) is 12.9. The molecule has 34 heavy (non-hydrogen) atoms. The number of thiophene rings is 1. The van der Waals surface area contributed by atoms with Crippen molar-refractivity contribution < 1.29 is 22.7 Å². The SMILES string of the molecule is Cl.O=C(c1ccccc1NS(=O)(=O)c1cccs1)N1CCN(Cc2ccc3c(c2)OCO3)CC1. The number of benzene rings is 2. The molecular formula is C23H24ClN3O5S2. The lowest BCUT2D eigenvalue weighted by Crippen LogP contribution is -2.48. The van der Waals surface area contributed by atoms with E-state index in [1.165, 1.54) is 6.07 Å². The van der Waals surface area contributed by atoms with Gasteiger partial charge in [-0.2, -0.15) is 0 Å². The number of halogens is 1. The lowest BCUT2D eigenvalue weighted by molar-refractivity contribution is 0.0629. The predicted molar refractivity (Wildman–Crippen MR) is 133 cm³/mol. The highest BCUT2D eigenvalue weighted by molar-refractivity contribution is 7.94. The summed E-state index contributed by atoms with van der Waals surface area (Å²) in [6.07, 6.45) is 0. The number of piperazine rings is 1. The van der Waals surface area contributed by atoms with Crippen LogP contribution in [0.4, 0.5) is 5.69 Å². The first kappa shape index (κ1) is 24.3. The van der Waals surface area contributed by atoms with E-state index in [1.807, 2.05) is 18.2 Å². The molecule has 3 aromatic rings. The number of carbonyl (C=O) groups excluding carboxylic acids is 1. The van der Waals surface area contributed by atoms with Gasteiger partial charge in [0.2, 0.25) is 6.79 Å². The highest BCUT2D eigenvalue weighted by atomic mass is 35.5. The highest BCUT2D eigenvalue weighted by Crippen LogP contribution is 2.33. The van der Waals surface area contributed by atoms with E-state index in [0.29, 0.717) is 24.3 Å². The fraction of sp³-hybridized carbons (Fsp3) is 0.261. The Bertz CT molecular complexity index is 1260. The molecule has 180 valence electrons. The molecule has 0 unspecified atom stereocenters. The largest absolute Gasteiger partial charge is 0.454 e. The van der Waals surface area contributed by atoms with Crippen LogP contribution in [0, 0.1) is 0 Å². The van der Waals surface area contributed by atoms with Crippen molar-refractivity contribution in [1.29, 1.82) is 0 Å². The van der Waals surface area contributed by atoms with Crippen LogP contribution >= 0.6 is 23.7 Å². The second kappa shape index (κ2) is 10.2. The van der Waals surface area contributed by atoms with Crippen molar-refractivity contribution in [3.8, 4) is 11.5 Å². The zero-order chi connectivity index (χ0) is 22.8. The van der Waals surface area contributed by atoms with Crippen molar-refractivity contribution in [2.75, 3.05) is 37.7 Å². The molecule has 0 saturated carbocycles. The first-order valence-electron chi connectivity index (χ1n) is 10.6. The number of amides is 1. The fourth-order valence-corrected chi connectivity index (χ4v) is 6.02. The molecule has 2 aromatic carbocycles. The molecule has 1 amide bonds. The van der Waals surface area contributed by atoms with Crippen LogP contribution in [-0.2, 0) is 16.6 Å². The molecule has 0 radical (unpaired) electrons. The third-order valence-corrected chi connectivity index (χ3v) is 8.43. The average molecular weight is 522 g/mol. The summed E-state index contributed by atoms with van der Waals surface area (Å²) < 4.78 is 38.9. The van der Waals surface area contributed by atoms with E-state index >= 15 is 0 Å². The van der Waals surface area contributed by atoms with Crippen LogP contribution in [0.3, 0.4) is 0 Å². The number of anilines is 1. The summed E-state index contributed by atoms with van der Waals surface area (Å²) >= 11 is 1.13. The quantitative estimate of drug-likeness (QED) is 0.532. The number of hydrogen-bond acceptors (Lipinski definition) is 7. The van der Waals surface area contributed by atoms with E-state index in [4.69, 9.17) is 9.47 Å². The van der Waals surface area contributed by atoms with Crippen molar-refractivity contribution in [1.82, 2.24) is 9.80 Å². The number of carbonyl (C=O) groups is 1. The summed E-state index contributed by atoms with van der Waals surface area (Å²) in [7, 11) is -3.73. The minimum absolute atomic E-state index is 0. The Morgan fingerprint density at radius 1 is 0.971 bits per heavy atom. The molecule has 1 N–H and O–H groups in total. The summed E-state index contributed by atoms with van der Waals surface area (Å²) in [4.78, 5) is 17.3. The summed E-state index contributed by atoms with van der Waals surface area (Å²) in [5, 5.41) is 1.70. The molecular weight excluding hydrogens is 498 g/mol. The van der Waals surface area contributed by atoms with Gasteiger partial charge in [0, 0.05) is 32.7 Å². The molecule has 11 heteroatoms. The van der Waals surface area contributed by atoms with Crippen LogP contribution in [0.5, 0.6) is 11.5 Å². The van der Waals surface area contributed by atoms with E-state index in [9.17, 15) is 13.2 Å². The molecule has 8 nitrogen and oxygen atoms in total. The van der Waals surface area contributed by atoms with Gasteiger partial charge in [-0.15, -0.1) is 23.7 Å². The van der Waals surface area contributed by atoms with Gasteiger partial charge in [-0.3, -0.25) is 14.4 Å². The average Bonchev–Trinajstić information content (AvgIpc) is 3.52. The summed E-state index contributed by atoms with van der Waals surface area (Å²) in [5.74, 6) is 1.35. The van der Waals surface area contributed by atoms with Crippen molar-refractivity contribution in [3.63, 3.8) is 0 Å². The van der Waals surface area contributed by atoms with Crippen LogP contribution in [0.15, 0.2) is 64.2 Å². The normalized spacial score (nSPS) is 15.6. The third kappa shape index (κ3) is 5.15. The summed E-state index contributed by atoms with van der Waals surface area (Å²) in [6.45, 7) is 3.59. The number of fused-ring (bicyclic) bond motifs is 1. The van der Waals surface area contributed by atoms with Crippen molar-refractivity contribution in [3.05, 3.63) is 71.1 Å². The Morgan fingerprint density at radius 3 is 2.50 bits per heavy atom. The number of hydrogen-bond donors (Lipinski definition) is 1. The minimum Gasteiger partial charge on any atom is -0.454 e. The maximum absolute atomic E-state index is 13.2. The molecule has 2 aliphatic rings. The molecule has 1 aromatic heterocycles. The molecule has 0 aliphatic carbocycles. The Hall–Kier alpha value is -2.79. The number of para-hydroxylation sites is 1. The van der Waals surface area contributed by atoms with Gasteiger partial charge in [-0.25, -0.2) is 8.42 Å². The smallest absolute Gasteiger partial charge is 0.271 e. The van der Waals surface area contributed by atoms with Crippen LogP contribution in [0.1, 0.15) is 15.9 Å². The van der Waals surface area contributed by atoms with Crippen LogP contribution in [0.25, 0.3) is 0 Å². The molecule has 2 aliphatic heterocycles. The van der Waals surface area contributed by atoms with Gasteiger partial charge in [0.15, 0.2) is 11.5 Å². The van der Waals surface area contributed by atoms with Gasteiger partial charge in [-0.05, 0) is 41.3 Å². The van der Waals surface area contributed by atoms with E-state index in [-0.39, 0.29) is 29.3 Å². The van der Waals surface area contributed by atoms with Crippen molar-refractivity contribution in [2.45, 2.75) is 10.8 Å². The monoisotopic (exact) mass is 521 g/mol. The Morgan fingerprint density at radius 2 is 1.74 bits per heavy atom. The Kier molecular flexibility index (Phi) is 7.32. The number of nitrogens with zero attached hydrogens (tertiary/aromatic N) is 2. The number of ether oxygens (including phenoxy) is 2. The molecule has 0 bridgehead atoms. The molecule has 0 atom stereocenters. The second-order valence-corrected chi connectivity index (χ2v) is 10.7. The van der Waals surface area contributed by atoms with Gasteiger partial charge < -0.3 is 14.4 Å². The van der Waals surface area contributed by atoms with Gasteiger partial charge in [0.05, 0.1) is 11.3 Å². The second-order valence-electron chi connectivity index (χ2n) is 7.84. The van der Waals surface area contributed by atoms with Gasteiger partial charge in [0.25, 0.3) is 15.9 Å².